The van der Waals surface area contributed by atoms with Gasteiger partial charge >= 0.3 is 0 Å². The molecule has 2 heterocycles. The minimum atomic E-state index is -0.214. The fourth-order valence-corrected chi connectivity index (χ4v) is 4.34. The van der Waals surface area contributed by atoms with E-state index in [4.69, 9.17) is 0 Å². The maximum atomic E-state index is 12.7. The molecule has 1 aromatic carbocycles. The van der Waals surface area contributed by atoms with Gasteiger partial charge in [0, 0.05) is 27.6 Å². The number of hydrogen-bond acceptors (Lipinski definition) is 5. The van der Waals surface area contributed by atoms with Crippen LogP contribution in [-0.2, 0) is 4.79 Å². The average Bonchev–Trinajstić information content (AvgIpc) is 2.86. The molecule has 0 saturated carbocycles. The normalized spacial score (nSPS) is 11.0. The van der Waals surface area contributed by atoms with Gasteiger partial charge < -0.3 is 5.32 Å². The number of rotatable bonds is 5. The lowest BCUT2D eigenvalue weighted by Crippen LogP contribution is -2.25. The molecule has 0 fully saturated rings. The van der Waals surface area contributed by atoms with Gasteiger partial charge in [0.2, 0.25) is 5.91 Å². The van der Waals surface area contributed by atoms with Crippen LogP contribution in [0, 0.1) is 20.8 Å². The molecule has 5 nitrogen and oxygen atoms in total. The molecular formula is C18H19N3O2S2. The molecule has 0 aliphatic heterocycles. The predicted molar refractivity (Wildman–Crippen MR) is 104 cm³/mol. The Bertz CT molecular complexity index is 977. The Hall–Kier alpha value is -2.12. The van der Waals surface area contributed by atoms with Crippen molar-refractivity contribution in [3.05, 3.63) is 57.0 Å². The van der Waals surface area contributed by atoms with E-state index in [1.807, 2.05) is 44.2 Å². The maximum Gasteiger partial charge on any atom is 0.282 e. The van der Waals surface area contributed by atoms with Crippen molar-refractivity contribution >= 4 is 39.7 Å². The minimum Gasteiger partial charge on any atom is -0.320 e. The molecule has 0 aliphatic rings. The second-order valence-electron chi connectivity index (χ2n) is 5.70. The fourth-order valence-electron chi connectivity index (χ4n) is 2.46. The molecule has 0 spiro atoms. The first kappa shape index (κ1) is 17.7. The van der Waals surface area contributed by atoms with Gasteiger partial charge in [-0.25, -0.2) is 4.98 Å². The zero-order valence-corrected chi connectivity index (χ0v) is 16.0. The standard InChI is InChI=1S/C18H19N3O2S2/c1-11-16(17(23)21-12(2)13(3)25-18(21)19-11)20-15(22)9-10-24-14-7-5-4-6-8-14/h4-8H,9-10H2,1-3H3,(H,20,22). The first-order valence-electron chi connectivity index (χ1n) is 7.94. The molecule has 0 saturated heterocycles. The Morgan fingerprint density at radius 3 is 2.68 bits per heavy atom. The third-order valence-electron chi connectivity index (χ3n) is 3.93. The number of carbonyl (C=O) groups is 1. The van der Waals surface area contributed by atoms with Crippen LogP contribution in [0.2, 0.25) is 0 Å². The smallest absolute Gasteiger partial charge is 0.282 e. The van der Waals surface area contributed by atoms with Crippen LogP contribution in [0.5, 0.6) is 0 Å². The number of carbonyl (C=O) groups excluding carboxylic acids is 1. The quantitative estimate of drug-likeness (QED) is 0.691. The minimum absolute atomic E-state index is 0.171. The van der Waals surface area contributed by atoms with Crippen LogP contribution in [0.4, 0.5) is 5.69 Å². The largest absolute Gasteiger partial charge is 0.320 e. The first-order valence-corrected chi connectivity index (χ1v) is 9.74. The monoisotopic (exact) mass is 373 g/mol. The van der Waals surface area contributed by atoms with Crippen LogP contribution in [0.1, 0.15) is 22.7 Å². The summed E-state index contributed by atoms with van der Waals surface area (Å²) in [7, 11) is 0. The van der Waals surface area contributed by atoms with Crippen molar-refractivity contribution < 1.29 is 4.79 Å². The molecule has 3 aromatic rings. The Kier molecular flexibility index (Phi) is 5.24. The summed E-state index contributed by atoms with van der Waals surface area (Å²) in [5.41, 5.74) is 1.48. The summed E-state index contributed by atoms with van der Waals surface area (Å²) in [5.74, 6) is 0.484. The zero-order chi connectivity index (χ0) is 18.0. The van der Waals surface area contributed by atoms with E-state index < -0.39 is 0 Å². The van der Waals surface area contributed by atoms with Gasteiger partial charge in [0.25, 0.3) is 5.56 Å². The number of anilines is 1. The van der Waals surface area contributed by atoms with E-state index in [1.54, 1.807) is 23.1 Å². The lowest BCUT2D eigenvalue weighted by molar-refractivity contribution is -0.115. The summed E-state index contributed by atoms with van der Waals surface area (Å²) < 4.78 is 1.57. The molecule has 0 aliphatic carbocycles. The number of aromatic nitrogens is 2. The van der Waals surface area contributed by atoms with Gasteiger partial charge in [0.15, 0.2) is 4.96 Å². The maximum absolute atomic E-state index is 12.7. The third kappa shape index (κ3) is 3.77. The number of thioether (sulfide) groups is 1. The Balaban J connectivity index is 1.73. The molecule has 0 atom stereocenters. The molecule has 2 aromatic heterocycles. The van der Waals surface area contributed by atoms with E-state index in [1.165, 1.54) is 11.3 Å². The number of amides is 1. The summed E-state index contributed by atoms with van der Waals surface area (Å²) in [6, 6.07) is 9.93. The Morgan fingerprint density at radius 1 is 1.24 bits per heavy atom. The van der Waals surface area contributed by atoms with Gasteiger partial charge in [0.05, 0.1) is 5.69 Å². The summed E-state index contributed by atoms with van der Waals surface area (Å²) in [6.45, 7) is 5.60. The van der Waals surface area contributed by atoms with E-state index in [2.05, 4.69) is 10.3 Å². The number of aryl methyl sites for hydroxylation is 3. The van der Waals surface area contributed by atoms with Gasteiger partial charge in [-0.05, 0) is 32.9 Å². The van der Waals surface area contributed by atoms with E-state index in [0.717, 1.165) is 15.5 Å². The molecule has 0 radical (unpaired) electrons. The fraction of sp³-hybridized carbons (Fsp3) is 0.278. The van der Waals surface area contributed by atoms with Gasteiger partial charge in [-0.3, -0.25) is 14.0 Å². The van der Waals surface area contributed by atoms with Crippen molar-refractivity contribution in [1.29, 1.82) is 0 Å². The number of benzene rings is 1. The average molecular weight is 374 g/mol. The summed E-state index contributed by atoms with van der Waals surface area (Å²) in [6.07, 6.45) is 0.336. The zero-order valence-electron chi connectivity index (χ0n) is 14.3. The molecule has 3 rings (SSSR count). The first-order chi connectivity index (χ1) is 12.0. The molecule has 130 valence electrons. The van der Waals surface area contributed by atoms with Gasteiger partial charge in [-0.1, -0.05) is 18.2 Å². The number of nitrogens with one attached hydrogen (secondary N) is 1. The highest BCUT2D eigenvalue weighted by Gasteiger charge is 2.16. The highest BCUT2D eigenvalue weighted by Crippen LogP contribution is 2.21. The Labute approximate surface area is 154 Å². The number of thiazole rings is 1. The molecule has 25 heavy (non-hydrogen) atoms. The van der Waals surface area contributed by atoms with E-state index in [0.29, 0.717) is 22.8 Å². The van der Waals surface area contributed by atoms with Gasteiger partial charge in [-0.2, -0.15) is 0 Å². The molecule has 1 N–H and O–H groups in total. The van der Waals surface area contributed by atoms with Gasteiger partial charge in [-0.15, -0.1) is 23.1 Å². The highest BCUT2D eigenvalue weighted by molar-refractivity contribution is 7.99. The van der Waals surface area contributed by atoms with E-state index >= 15 is 0 Å². The Morgan fingerprint density at radius 2 is 1.96 bits per heavy atom. The van der Waals surface area contributed by atoms with Crippen molar-refractivity contribution in [3.8, 4) is 0 Å². The number of hydrogen-bond donors (Lipinski definition) is 1. The number of fused-ring (bicyclic) bond motifs is 1. The lowest BCUT2D eigenvalue weighted by atomic mass is 10.3. The second-order valence-corrected chi connectivity index (χ2v) is 8.05. The van der Waals surface area contributed by atoms with Crippen LogP contribution in [0.15, 0.2) is 40.0 Å². The van der Waals surface area contributed by atoms with Crippen LogP contribution < -0.4 is 10.9 Å². The van der Waals surface area contributed by atoms with Crippen molar-refractivity contribution in [2.45, 2.75) is 32.1 Å². The van der Waals surface area contributed by atoms with Crippen molar-refractivity contribution in [1.82, 2.24) is 9.38 Å². The molecule has 7 heteroatoms. The topological polar surface area (TPSA) is 63.5 Å². The van der Waals surface area contributed by atoms with Crippen LogP contribution >= 0.6 is 23.1 Å². The van der Waals surface area contributed by atoms with Crippen molar-refractivity contribution in [2.24, 2.45) is 0 Å². The van der Waals surface area contributed by atoms with Crippen molar-refractivity contribution in [2.75, 3.05) is 11.1 Å². The van der Waals surface area contributed by atoms with Gasteiger partial charge in [0.1, 0.15) is 5.69 Å². The molecule has 0 bridgehead atoms. The predicted octanol–water partition coefficient (Wildman–Crippen LogP) is 3.80. The van der Waals surface area contributed by atoms with Crippen LogP contribution in [0.25, 0.3) is 4.96 Å². The van der Waals surface area contributed by atoms with Crippen LogP contribution in [-0.4, -0.2) is 21.0 Å². The lowest BCUT2D eigenvalue weighted by Gasteiger charge is -2.08. The summed E-state index contributed by atoms with van der Waals surface area (Å²) in [5, 5.41) is 2.75. The SMILES string of the molecule is Cc1nc2sc(C)c(C)n2c(=O)c1NC(=O)CCSc1ccccc1. The molecular weight excluding hydrogens is 354 g/mol. The van der Waals surface area contributed by atoms with E-state index in [9.17, 15) is 9.59 Å². The highest BCUT2D eigenvalue weighted by atomic mass is 32.2. The third-order valence-corrected chi connectivity index (χ3v) is 6.00. The van der Waals surface area contributed by atoms with Crippen LogP contribution in [0.3, 0.4) is 0 Å². The second kappa shape index (κ2) is 7.41. The molecule has 1 amide bonds. The van der Waals surface area contributed by atoms with Crippen molar-refractivity contribution in [3.63, 3.8) is 0 Å². The summed E-state index contributed by atoms with van der Waals surface area (Å²) >= 11 is 3.10. The molecule has 0 unspecified atom stereocenters. The number of nitrogens with zero attached hydrogens (tertiary/aromatic N) is 2. The summed E-state index contributed by atoms with van der Waals surface area (Å²) in [4.78, 5) is 32.3. The van der Waals surface area contributed by atoms with E-state index in [-0.39, 0.29) is 17.2 Å².